The summed E-state index contributed by atoms with van der Waals surface area (Å²) in [6.45, 7) is 2.07. The first-order valence-electron chi connectivity index (χ1n) is 5.94. The van der Waals surface area contributed by atoms with Crippen LogP contribution in [0.2, 0.25) is 0 Å². The van der Waals surface area contributed by atoms with Gasteiger partial charge in [0.15, 0.2) is 0 Å². The molecule has 16 heavy (non-hydrogen) atoms. The van der Waals surface area contributed by atoms with Gasteiger partial charge in [-0.1, -0.05) is 0 Å². The van der Waals surface area contributed by atoms with Crippen molar-refractivity contribution in [3.63, 3.8) is 0 Å². The monoisotopic (exact) mass is 221 g/mol. The van der Waals surface area contributed by atoms with Crippen molar-refractivity contribution >= 4 is 5.78 Å². The Labute approximate surface area is 96.1 Å². The Morgan fingerprint density at radius 1 is 1.69 bits per heavy atom. The summed E-state index contributed by atoms with van der Waals surface area (Å²) in [5, 5.41) is 3.29. The zero-order valence-corrected chi connectivity index (χ0v) is 9.78. The fourth-order valence-electron chi connectivity index (χ4n) is 2.20. The number of ketones is 1. The molecular formula is C12H19N3O. The van der Waals surface area contributed by atoms with Gasteiger partial charge in [-0.3, -0.25) is 4.79 Å². The van der Waals surface area contributed by atoms with Crippen molar-refractivity contribution < 1.29 is 4.79 Å². The predicted molar refractivity (Wildman–Crippen MR) is 62.1 cm³/mol. The van der Waals surface area contributed by atoms with Gasteiger partial charge in [0.2, 0.25) is 0 Å². The van der Waals surface area contributed by atoms with Gasteiger partial charge in [-0.25, -0.2) is 4.98 Å². The molecule has 0 amide bonds. The van der Waals surface area contributed by atoms with Crippen LogP contribution in [0, 0.1) is 5.92 Å². The lowest BCUT2D eigenvalue weighted by Gasteiger charge is -2.06. The third-order valence-corrected chi connectivity index (χ3v) is 3.23. The lowest BCUT2D eigenvalue weighted by atomic mass is 9.99. The summed E-state index contributed by atoms with van der Waals surface area (Å²) in [6.07, 6.45) is 6.97. The highest BCUT2D eigenvalue weighted by atomic mass is 16.1. The van der Waals surface area contributed by atoms with E-state index in [1.165, 1.54) is 0 Å². The number of carbonyl (C=O) groups excluding carboxylic acids is 1. The predicted octanol–water partition coefficient (Wildman–Crippen LogP) is 0.921. The van der Waals surface area contributed by atoms with Gasteiger partial charge < -0.3 is 9.88 Å². The Bertz CT molecular complexity index is 353. The number of aromatic nitrogens is 2. The molecule has 1 N–H and O–H groups in total. The van der Waals surface area contributed by atoms with Gasteiger partial charge in [0.05, 0.1) is 0 Å². The molecule has 0 saturated carbocycles. The summed E-state index contributed by atoms with van der Waals surface area (Å²) < 4.78 is 1.98. The van der Waals surface area contributed by atoms with Crippen LogP contribution in [0.15, 0.2) is 12.4 Å². The minimum Gasteiger partial charge on any atom is -0.338 e. The molecule has 2 heterocycles. The fraction of sp³-hybridized carbons (Fsp3) is 0.667. The first kappa shape index (κ1) is 11.3. The molecule has 1 unspecified atom stereocenters. The van der Waals surface area contributed by atoms with Crippen LogP contribution >= 0.6 is 0 Å². The molecule has 1 aromatic heterocycles. The van der Waals surface area contributed by atoms with E-state index in [-0.39, 0.29) is 0 Å². The maximum Gasteiger partial charge on any atom is 0.133 e. The van der Waals surface area contributed by atoms with Crippen molar-refractivity contribution in [3.05, 3.63) is 18.2 Å². The molecule has 2 rings (SSSR count). The van der Waals surface area contributed by atoms with Gasteiger partial charge in [0.25, 0.3) is 0 Å². The van der Waals surface area contributed by atoms with Crippen LogP contribution in [-0.2, 0) is 18.3 Å². The maximum absolute atomic E-state index is 11.7. The van der Waals surface area contributed by atoms with Gasteiger partial charge in [0, 0.05) is 38.7 Å². The van der Waals surface area contributed by atoms with E-state index in [9.17, 15) is 4.79 Å². The average molecular weight is 221 g/mol. The van der Waals surface area contributed by atoms with E-state index in [4.69, 9.17) is 0 Å². The Morgan fingerprint density at radius 3 is 3.19 bits per heavy atom. The Balaban J connectivity index is 1.73. The van der Waals surface area contributed by atoms with Crippen molar-refractivity contribution in [2.75, 3.05) is 13.1 Å². The highest BCUT2D eigenvalue weighted by Gasteiger charge is 2.17. The van der Waals surface area contributed by atoms with Crippen LogP contribution in [0.25, 0.3) is 0 Å². The van der Waals surface area contributed by atoms with Crippen LogP contribution < -0.4 is 5.32 Å². The Hall–Kier alpha value is -1.16. The molecule has 0 aliphatic carbocycles. The molecule has 1 atom stereocenters. The number of nitrogens with zero attached hydrogens (tertiary/aromatic N) is 2. The molecule has 1 saturated heterocycles. The van der Waals surface area contributed by atoms with Crippen molar-refractivity contribution in [3.8, 4) is 0 Å². The first-order valence-corrected chi connectivity index (χ1v) is 5.94. The zero-order valence-electron chi connectivity index (χ0n) is 9.78. The topological polar surface area (TPSA) is 46.9 Å². The number of carbonyl (C=O) groups is 1. The number of aryl methyl sites for hydroxylation is 2. The van der Waals surface area contributed by atoms with Gasteiger partial charge >= 0.3 is 0 Å². The number of imidazole rings is 1. The molecule has 1 fully saturated rings. The molecule has 0 radical (unpaired) electrons. The van der Waals surface area contributed by atoms with E-state index in [1.54, 1.807) is 6.20 Å². The number of hydrogen-bond acceptors (Lipinski definition) is 3. The normalized spacial score (nSPS) is 20.2. The third-order valence-electron chi connectivity index (χ3n) is 3.23. The molecule has 1 aliphatic heterocycles. The second-order valence-corrected chi connectivity index (χ2v) is 4.56. The number of nitrogens with one attached hydrogen (secondary N) is 1. The minimum atomic E-state index is 0.372. The average Bonchev–Trinajstić information content (AvgIpc) is 2.87. The lowest BCUT2D eigenvalue weighted by molar-refractivity contribution is -0.119. The minimum absolute atomic E-state index is 0.372. The van der Waals surface area contributed by atoms with Crippen molar-refractivity contribution in [1.82, 2.24) is 14.9 Å². The Kier molecular flexibility index (Phi) is 3.72. The number of Topliss-reactive ketones (excluding diaryl/α,β-unsaturated/α-hetero) is 1. The van der Waals surface area contributed by atoms with E-state index in [2.05, 4.69) is 10.3 Å². The molecule has 1 aliphatic rings. The fourth-order valence-corrected chi connectivity index (χ4v) is 2.20. The molecule has 0 aromatic carbocycles. The second-order valence-electron chi connectivity index (χ2n) is 4.56. The van der Waals surface area contributed by atoms with Crippen LogP contribution in [0.4, 0.5) is 0 Å². The van der Waals surface area contributed by atoms with Gasteiger partial charge in [-0.15, -0.1) is 0 Å². The third kappa shape index (κ3) is 2.92. The molecule has 4 nitrogen and oxygen atoms in total. The number of hydrogen-bond donors (Lipinski definition) is 1. The van der Waals surface area contributed by atoms with Gasteiger partial charge in [-0.05, 0) is 25.4 Å². The molecular weight excluding hydrogens is 202 g/mol. The summed E-state index contributed by atoms with van der Waals surface area (Å²) in [4.78, 5) is 16.0. The van der Waals surface area contributed by atoms with E-state index < -0.39 is 0 Å². The van der Waals surface area contributed by atoms with E-state index in [0.717, 1.165) is 38.2 Å². The van der Waals surface area contributed by atoms with Gasteiger partial charge in [-0.2, -0.15) is 0 Å². The van der Waals surface area contributed by atoms with E-state index >= 15 is 0 Å². The smallest absolute Gasteiger partial charge is 0.133 e. The first-order chi connectivity index (χ1) is 7.75. The van der Waals surface area contributed by atoms with Crippen LogP contribution in [0.1, 0.15) is 25.1 Å². The van der Waals surface area contributed by atoms with Crippen LogP contribution in [-0.4, -0.2) is 28.4 Å². The number of rotatable bonds is 5. The highest BCUT2D eigenvalue weighted by molar-refractivity contribution is 5.78. The van der Waals surface area contributed by atoms with Gasteiger partial charge in [0.1, 0.15) is 11.6 Å². The molecule has 4 heteroatoms. The lowest BCUT2D eigenvalue weighted by Crippen LogP contribution is -2.13. The molecule has 88 valence electrons. The second kappa shape index (κ2) is 5.25. The van der Waals surface area contributed by atoms with Crippen molar-refractivity contribution in [1.29, 1.82) is 0 Å². The summed E-state index contributed by atoms with van der Waals surface area (Å²) in [7, 11) is 1.97. The molecule has 1 aromatic rings. The summed E-state index contributed by atoms with van der Waals surface area (Å²) in [6, 6.07) is 0. The molecule has 0 bridgehead atoms. The van der Waals surface area contributed by atoms with Crippen molar-refractivity contribution in [2.45, 2.75) is 25.7 Å². The summed E-state index contributed by atoms with van der Waals surface area (Å²) >= 11 is 0. The summed E-state index contributed by atoms with van der Waals surface area (Å²) in [5.74, 6) is 1.93. The SMILES string of the molecule is Cn1ccnc1CCC(=O)CC1CCNC1. The summed E-state index contributed by atoms with van der Waals surface area (Å²) in [5.41, 5.74) is 0. The van der Waals surface area contributed by atoms with E-state index in [1.807, 2.05) is 17.8 Å². The quantitative estimate of drug-likeness (QED) is 0.804. The standard InChI is InChI=1S/C12H19N3O/c1-15-7-6-14-12(15)3-2-11(16)8-10-4-5-13-9-10/h6-7,10,13H,2-5,8-9H2,1H3. The maximum atomic E-state index is 11.7. The Morgan fingerprint density at radius 2 is 2.56 bits per heavy atom. The molecule has 0 spiro atoms. The van der Waals surface area contributed by atoms with Crippen LogP contribution in [0.5, 0.6) is 0 Å². The van der Waals surface area contributed by atoms with Crippen molar-refractivity contribution in [2.24, 2.45) is 13.0 Å². The highest BCUT2D eigenvalue weighted by Crippen LogP contribution is 2.14. The largest absolute Gasteiger partial charge is 0.338 e. The van der Waals surface area contributed by atoms with Crippen LogP contribution in [0.3, 0.4) is 0 Å². The van der Waals surface area contributed by atoms with E-state index in [0.29, 0.717) is 18.1 Å². The zero-order chi connectivity index (χ0) is 11.4.